The Morgan fingerprint density at radius 1 is 1.09 bits per heavy atom. The van der Waals surface area contributed by atoms with Gasteiger partial charge in [-0.15, -0.1) is 0 Å². The topological polar surface area (TPSA) is 125 Å². The number of rotatable bonds is 8. The van der Waals surface area contributed by atoms with Gasteiger partial charge in [0.1, 0.15) is 0 Å². The zero-order valence-electron chi connectivity index (χ0n) is 18.5. The zero-order chi connectivity index (χ0) is 23.6. The van der Waals surface area contributed by atoms with Crippen LogP contribution in [0.25, 0.3) is 5.57 Å². The van der Waals surface area contributed by atoms with Crippen molar-refractivity contribution in [2.45, 2.75) is 6.92 Å². The minimum absolute atomic E-state index is 0.282. The largest absolute Gasteiger partial charge is 0.366 e. The van der Waals surface area contributed by atoms with Crippen molar-refractivity contribution in [1.29, 1.82) is 0 Å². The predicted octanol–water partition coefficient (Wildman–Crippen LogP) is 1.91. The monoisotopic (exact) mass is 457 g/mol. The lowest BCUT2D eigenvalue weighted by Crippen LogP contribution is -2.35. The minimum Gasteiger partial charge on any atom is -0.366 e. The highest BCUT2D eigenvalue weighted by Crippen LogP contribution is 2.35. The molecule has 3 rings (SSSR count). The van der Waals surface area contributed by atoms with Gasteiger partial charge in [0, 0.05) is 41.3 Å². The van der Waals surface area contributed by atoms with Crippen LogP contribution in [0, 0.1) is 0 Å². The summed E-state index contributed by atoms with van der Waals surface area (Å²) in [5, 5.41) is 5.95. The van der Waals surface area contributed by atoms with Crippen LogP contribution in [-0.4, -0.2) is 58.6 Å². The SMILES string of the molecule is C/C(Nc1ccc(N(CCN(C)C)S(C)(=O)=O)cc1)=C1/C(=O)Nc2cc(C(N)=O)ccc21. The molecule has 2 amide bonds. The molecule has 32 heavy (non-hydrogen) atoms. The second kappa shape index (κ2) is 9.01. The number of carbonyl (C=O) groups is 2. The Hall–Kier alpha value is -3.37. The van der Waals surface area contributed by atoms with E-state index in [-0.39, 0.29) is 5.91 Å². The van der Waals surface area contributed by atoms with Crippen molar-refractivity contribution >= 4 is 44.5 Å². The van der Waals surface area contributed by atoms with Gasteiger partial charge in [0.05, 0.1) is 17.5 Å². The van der Waals surface area contributed by atoms with Crippen molar-refractivity contribution in [3.63, 3.8) is 0 Å². The molecule has 0 fully saturated rings. The highest BCUT2D eigenvalue weighted by Gasteiger charge is 2.27. The van der Waals surface area contributed by atoms with Crippen LogP contribution in [0.3, 0.4) is 0 Å². The Morgan fingerprint density at radius 2 is 1.75 bits per heavy atom. The van der Waals surface area contributed by atoms with Crippen molar-refractivity contribution in [3.05, 3.63) is 59.3 Å². The number of amides is 2. The fraction of sp³-hybridized carbons (Fsp3) is 0.273. The number of sulfonamides is 1. The number of allylic oxidation sites excluding steroid dienone is 1. The Labute approximate surface area is 187 Å². The molecule has 1 aliphatic heterocycles. The van der Waals surface area contributed by atoms with E-state index in [0.717, 1.165) is 0 Å². The van der Waals surface area contributed by atoms with Crippen molar-refractivity contribution < 1.29 is 18.0 Å². The van der Waals surface area contributed by atoms with E-state index in [0.29, 0.717) is 52.5 Å². The van der Waals surface area contributed by atoms with Gasteiger partial charge in [0.2, 0.25) is 15.9 Å². The van der Waals surface area contributed by atoms with Crippen molar-refractivity contribution in [3.8, 4) is 0 Å². The average molecular weight is 458 g/mol. The second-order valence-electron chi connectivity index (χ2n) is 7.89. The number of carbonyl (C=O) groups excluding carboxylic acids is 2. The number of fused-ring (bicyclic) bond motifs is 1. The molecule has 0 aliphatic carbocycles. The summed E-state index contributed by atoms with van der Waals surface area (Å²) in [6.07, 6.45) is 1.18. The Bertz CT molecular complexity index is 1190. The van der Waals surface area contributed by atoms with Gasteiger partial charge in [0.25, 0.3) is 5.91 Å². The third-order valence-electron chi connectivity index (χ3n) is 5.06. The number of hydrogen-bond acceptors (Lipinski definition) is 6. The summed E-state index contributed by atoms with van der Waals surface area (Å²) in [7, 11) is 0.347. The number of hydrogen-bond donors (Lipinski definition) is 3. The molecule has 0 spiro atoms. The van der Waals surface area contributed by atoms with E-state index in [1.54, 1.807) is 49.4 Å². The summed E-state index contributed by atoms with van der Waals surface area (Å²) in [6.45, 7) is 2.70. The van der Waals surface area contributed by atoms with Gasteiger partial charge in [0.15, 0.2) is 0 Å². The van der Waals surface area contributed by atoms with Crippen LogP contribution in [0.2, 0.25) is 0 Å². The number of nitrogens with zero attached hydrogens (tertiary/aromatic N) is 2. The number of anilines is 3. The average Bonchev–Trinajstić information content (AvgIpc) is 3.03. The van der Waals surface area contributed by atoms with E-state index >= 15 is 0 Å². The summed E-state index contributed by atoms with van der Waals surface area (Å²) in [4.78, 5) is 25.8. The highest BCUT2D eigenvalue weighted by molar-refractivity contribution is 7.92. The van der Waals surface area contributed by atoms with E-state index in [9.17, 15) is 18.0 Å². The molecule has 4 N–H and O–H groups in total. The van der Waals surface area contributed by atoms with Gasteiger partial charge < -0.3 is 21.3 Å². The third kappa shape index (κ3) is 5.09. The first-order valence-corrected chi connectivity index (χ1v) is 11.8. The van der Waals surface area contributed by atoms with Gasteiger partial charge in [-0.3, -0.25) is 13.9 Å². The molecule has 0 bridgehead atoms. The highest BCUT2D eigenvalue weighted by atomic mass is 32.2. The Kier molecular flexibility index (Phi) is 6.56. The molecule has 0 atom stereocenters. The summed E-state index contributed by atoms with van der Waals surface area (Å²) in [5.74, 6) is -0.849. The zero-order valence-corrected chi connectivity index (χ0v) is 19.3. The van der Waals surface area contributed by atoms with E-state index in [4.69, 9.17) is 5.73 Å². The van der Waals surface area contributed by atoms with Crippen LogP contribution in [0.4, 0.5) is 17.1 Å². The lowest BCUT2D eigenvalue weighted by molar-refractivity contribution is -0.110. The fourth-order valence-electron chi connectivity index (χ4n) is 3.47. The maximum absolute atomic E-state index is 12.5. The number of benzene rings is 2. The van der Waals surface area contributed by atoms with Crippen LogP contribution < -0.4 is 20.7 Å². The molecule has 0 aromatic heterocycles. The van der Waals surface area contributed by atoms with E-state index in [2.05, 4.69) is 10.6 Å². The van der Waals surface area contributed by atoms with Gasteiger partial charge >= 0.3 is 0 Å². The van der Waals surface area contributed by atoms with Gasteiger partial charge in [-0.2, -0.15) is 0 Å². The Balaban J connectivity index is 1.85. The lowest BCUT2D eigenvalue weighted by Gasteiger charge is -2.24. The summed E-state index contributed by atoms with van der Waals surface area (Å²) >= 11 is 0. The van der Waals surface area contributed by atoms with Gasteiger partial charge in [-0.05, 0) is 57.4 Å². The molecule has 10 heteroatoms. The second-order valence-corrected chi connectivity index (χ2v) is 9.80. The third-order valence-corrected chi connectivity index (χ3v) is 6.26. The molecule has 1 heterocycles. The first-order chi connectivity index (χ1) is 15.0. The van der Waals surface area contributed by atoms with E-state index in [1.165, 1.54) is 10.6 Å². The number of nitrogens with two attached hydrogens (primary N) is 1. The van der Waals surface area contributed by atoms with Crippen LogP contribution in [-0.2, 0) is 14.8 Å². The molecular formula is C22H27N5O4S. The smallest absolute Gasteiger partial charge is 0.258 e. The number of primary amides is 1. The molecule has 9 nitrogen and oxygen atoms in total. The van der Waals surface area contributed by atoms with Crippen molar-refractivity contribution in [2.75, 3.05) is 48.4 Å². The minimum atomic E-state index is -3.42. The predicted molar refractivity (Wildman–Crippen MR) is 127 cm³/mol. The lowest BCUT2D eigenvalue weighted by atomic mass is 10.0. The molecule has 2 aromatic carbocycles. The van der Waals surface area contributed by atoms with E-state index in [1.807, 2.05) is 19.0 Å². The van der Waals surface area contributed by atoms with Gasteiger partial charge in [-0.25, -0.2) is 8.42 Å². The normalized spacial score (nSPS) is 14.7. The van der Waals surface area contributed by atoms with Gasteiger partial charge in [-0.1, -0.05) is 6.07 Å². The quantitative estimate of drug-likeness (QED) is 0.520. The standard InChI is InChI=1S/C22H27N5O4S/c1-14(20-18-10-5-15(21(23)28)13-19(18)25-22(20)29)24-16-6-8-17(9-7-16)27(32(4,30)31)12-11-26(2)3/h5-10,13,24H,11-12H2,1-4H3,(H2,23,28)(H,25,29)/b20-14-. The number of nitrogens with one attached hydrogen (secondary N) is 2. The molecule has 0 unspecified atom stereocenters. The van der Waals surface area contributed by atoms with E-state index < -0.39 is 15.9 Å². The van der Waals surface area contributed by atoms with Crippen LogP contribution >= 0.6 is 0 Å². The molecule has 170 valence electrons. The van der Waals surface area contributed by atoms with Crippen LogP contribution in [0.5, 0.6) is 0 Å². The molecule has 0 saturated heterocycles. The molecular weight excluding hydrogens is 430 g/mol. The number of likely N-dealkylation sites (N-methyl/N-ethyl adjacent to an activating group) is 1. The molecule has 2 aromatic rings. The van der Waals surface area contributed by atoms with Crippen molar-refractivity contribution in [2.24, 2.45) is 5.73 Å². The summed E-state index contributed by atoms with van der Waals surface area (Å²) in [6, 6.07) is 11.8. The maximum Gasteiger partial charge on any atom is 0.258 e. The fourth-order valence-corrected chi connectivity index (χ4v) is 4.38. The first-order valence-electron chi connectivity index (χ1n) is 9.93. The van der Waals surface area contributed by atoms with Crippen molar-refractivity contribution in [1.82, 2.24) is 4.90 Å². The summed E-state index contributed by atoms with van der Waals surface area (Å²) in [5.41, 5.74) is 9.18. The molecule has 0 radical (unpaired) electrons. The molecule has 1 aliphatic rings. The Morgan fingerprint density at radius 3 is 2.31 bits per heavy atom. The van der Waals surface area contributed by atoms with Crippen LogP contribution in [0.1, 0.15) is 22.8 Å². The van der Waals surface area contributed by atoms with Crippen LogP contribution in [0.15, 0.2) is 48.2 Å². The summed E-state index contributed by atoms with van der Waals surface area (Å²) < 4.78 is 25.8. The molecule has 0 saturated carbocycles. The first kappa shape index (κ1) is 23.3. The maximum atomic E-state index is 12.5.